The van der Waals surface area contributed by atoms with E-state index in [4.69, 9.17) is 0 Å². The van der Waals surface area contributed by atoms with Gasteiger partial charge in [-0.1, -0.05) is 149 Å². The standard InChI is InChI=1S/C52H72O6S2/c1-37(29-31-45-39(3)23-19-33-51(45,7)8)35-47(59(55,56)43-25-13-11-14-26-43)49(53)41(5)21-17-18-22-42(6)50(54)48(60(57,58)44-27-15-12-16-28-44)36-38(2)30-32-46-40(4)24-20-34-52(46,9)10/h11-18,25-32,35-36,41-42,47-50,53-54H,19-24,33-34H2,1-10H3/b18-17+,31-29+,32-30+,37-35+,38-36+. The molecule has 6 nitrogen and oxygen atoms in total. The summed E-state index contributed by atoms with van der Waals surface area (Å²) in [7, 11) is -7.89. The van der Waals surface area contributed by atoms with Crippen LogP contribution in [-0.4, -0.2) is 49.8 Å². The summed E-state index contributed by atoms with van der Waals surface area (Å²) in [5.74, 6) is -0.867. The second kappa shape index (κ2) is 21.0. The normalized spacial score (nSPS) is 21.4. The van der Waals surface area contributed by atoms with Crippen molar-refractivity contribution in [3.63, 3.8) is 0 Å². The van der Waals surface area contributed by atoms with E-state index < -0.39 is 54.2 Å². The SMILES string of the molecule is CC1=C(/C=C/C(C)=C/C(C(O)C(C)C/C=C/CC(C)C(O)C(/C=C(C)/C=C/C2=C(C)CCCC2(C)C)S(=O)(=O)c2ccccc2)S(=O)(=O)c2ccccc2)C(C)(C)CCC1. The molecule has 0 radical (unpaired) electrons. The Labute approximate surface area is 363 Å². The summed E-state index contributed by atoms with van der Waals surface area (Å²) in [4.78, 5) is 0.314. The summed E-state index contributed by atoms with van der Waals surface area (Å²) in [5, 5.41) is 21.2. The van der Waals surface area contributed by atoms with Gasteiger partial charge in [0.1, 0.15) is 10.5 Å². The minimum Gasteiger partial charge on any atom is -0.391 e. The second-order valence-electron chi connectivity index (χ2n) is 18.9. The summed E-state index contributed by atoms with van der Waals surface area (Å²) in [5.41, 5.74) is 6.86. The molecule has 8 heteroatoms. The van der Waals surface area contributed by atoms with Crippen molar-refractivity contribution >= 4 is 19.7 Å². The third kappa shape index (κ3) is 12.5. The fraction of sp³-hybridized carbons (Fsp3) is 0.500. The molecule has 0 fully saturated rings. The van der Waals surface area contributed by atoms with Crippen LogP contribution < -0.4 is 0 Å². The molecule has 6 atom stereocenters. The maximum atomic E-state index is 14.1. The first kappa shape index (κ1) is 49.1. The van der Waals surface area contributed by atoms with Gasteiger partial charge in [-0.3, -0.25) is 0 Å². The molecule has 0 amide bonds. The Morgan fingerprint density at radius 2 is 0.950 bits per heavy atom. The van der Waals surface area contributed by atoms with E-state index in [9.17, 15) is 27.0 Å². The molecule has 2 aliphatic rings. The zero-order chi connectivity index (χ0) is 44.5. The van der Waals surface area contributed by atoms with Crippen LogP contribution in [0.15, 0.2) is 153 Å². The zero-order valence-corrected chi connectivity index (χ0v) is 39.5. The van der Waals surface area contributed by atoms with Crippen molar-refractivity contribution < 1.29 is 27.0 Å². The number of hydrogen-bond acceptors (Lipinski definition) is 6. The quantitative estimate of drug-likeness (QED) is 0.114. The van der Waals surface area contributed by atoms with E-state index >= 15 is 0 Å². The van der Waals surface area contributed by atoms with Crippen molar-refractivity contribution in [3.8, 4) is 0 Å². The smallest absolute Gasteiger partial charge is 0.187 e. The summed E-state index contributed by atoms with van der Waals surface area (Å²) in [6.07, 6.45) is 20.3. The Morgan fingerprint density at radius 1 is 0.617 bits per heavy atom. The lowest BCUT2D eigenvalue weighted by Crippen LogP contribution is -2.37. The van der Waals surface area contributed by atoms with Crippen molar-refractivity contribution in [3.05, 3.63) is 143 Å². The van der Waals surface area contributed by atoms with Crippen LogP contribution in [0.5, 0.6) is 0 Å². The molecule has 2 aromatic rings. The minimum atomic E-state index is -3.95. The van der Waals surface area contributed by atoms with Crippen molar-refractivity contribution in [2.24, 2.45) is 22.7 Å². The second-order valence-corrected chi connectivity index (χ2v) is 23.1. The van der Waals surface area contributed by atoms with Gasteiger partial charge < -0.3 is 10.2 Å². The van der Waals surface area contributed by atoms with Gasteiger partial charge >= 0.3 is 0 Å². The van der Waals surface area contributed by atoms with E-state index in [2.05, 4.69) is 53.7 Å². The van der Waals surface area contributed by atoms with Gasteiger partial charge in [-0.2, -0.15) is 0 Å². The molecule has 4 rings (SSSR count). The number of hydrogen-bond donors (Lipinski definition) is 2. The van der Waals surface area contributed by atoms with Crippen molar-refractivity contribution in [1.29, 1.82) is 0 Å². The Kier molecular flexibility index (Phi) is 17.2. The molecule has 0 saturated carbocycles. The molecule has 0 aliphatic heterocycles. The molecule has 328 valence electrons. The van der Waals surface area contributed by atoms with E-state index in [1.54, 1.807) is 72.8 Å². The molecular formula is C52H72O6S2. The van der Waals surface area contributed by atoms with Crippen LogP contribution in [0.25, 0.3) is 0 Å². The number of allylic oxidation sites excluding steroid dienone is 12. The third-order valence-electron chi connectivity index (χ3n) is 12.8. The fourth-order valence-corrected chi connectivity index (χ4v) is 12.7. The molecule has 60 heavy (non-hydrogen) atoms. The molecule has 0 bridgehead atoms. The highest BCUT2D eigenvalue weighted by atomic mass is 32.2. The van der Waals surface area contributed by atoms with Gasteiger partial charge in [0.05, 0.1) is 22.0 Å². The van der Waals surface area contributed by atoms with Gasteiger partial charge in [0.25, 0.3) is 0 Å². The highest BCUT2D eigenvalue weighted by Crippen LogP contribution is 2.42. The largest absolute Gasteiger partial charge is 0.391 e. The number of benzene rings is 2. The van der Waals surface area contributed by atoms with Crippen LogP contribution in [0, 0.1) is 22.7 Å². The topological polar surface area (TPSA) is 109 Å². The maximum absolute atomic E-state index is 14.1. The number of aliphatic hydroxyl groups is 2. The van der Waals surface area contributed by atoms with Gasteiger partial charge in [-0.25, -0.2) is 16.8 Å². The van der Waals surface area contributed by atoms with Gasteiger partial charge in [0.2, 0.25) is 0 Å². The van der Waals surface area contributed by atoms with Crippen molar-refractivity contribution in [2.45, 2.75) is 153 Å². The molecule has 2 N–H and O–H groups in total. The summed E-state index contributed by atoms with van der Waals surface area (Å²) in [6.45, 7) is 20.8. The van der Waals surface area contributed by atoms with Crippen molar-refractivity contribution in [2.75, 3.05) is 0 Å². The Balaban J connectivity index is 1.54. The van der Waals surface area contributed by atoms with Gasteiger partial charge in [-0.05, 0) is 137 Å². The van der Waals surface area contributed by atoms with Crippen LogP contribution in [0.1, 0.15) is 121 Å². The maximum Gasteiger partial charge on any atom is 0.187 e. The lowest BCUT2D eigenvalue weighted by molar-refractivity contribution is 0.121. The van der Waals surface area contributed by atoms with E-state index in [0.29, 0.717) is 12.8 Å². The van der Waals surface area contributed by atoms with Crippen molar-refractivity contribution in [1.82, 2.24) is 0 Å². The highest BCUT2D eigenvalue weighted by Gasteiger charge is 2.37. The lowest BCUT2D eigenvalue weighted by atomic mass is 9.72. The van der Waals surface area contributed by atoms with Crippen LogP contribution >= 0.6 is 0 Å². The first-order valence-corrected chi connectivity index (χ1v) is 24.9. The van der Waals surface area contributed by atoms with Crippen LogP contribution in [0.3, 0.4) is 0 Å². The highest BCUT2D eigenvalue weighted by molar-refractivity contribution is 7.92. The molecule has 0 saturated heterocycles. The number of sulfone groups is 2. The summed E-state index contributed by atoms with van der Waals surface area (Å²) < 4.78 is 56.5. The van der Waals surface area contributed by atoms with Gasteiger partial charge in [0, 0.05) is 0 Å². The molecule has 2 aromatic carbocycles. The third-order valence-corrected chi connectivity index (χ3v) is 17.0. The number of aliphatic hydroxyl groups excluding tert-OH is 2. The Morgan fingerprint density at radius 3 is 1.27 bits per heavy atom. The minimum absolute atomic E-state index is 0.0376. The van der Waals surface area contributed by atoms with E-state index in [1.807, 2.05) is 52.0 Å². The van der Waals surface area contributed by atoms with Gasteiger partial charge in [-0.15, -0.1) is 0 Å². The molecule has 0 spiro atoms. The zero-order valence-electron chi connectivity index (χ0n) is 37.9. The van der Waals surface area contributed by atoms with E-state index in [-0.39, 0.29) is 20.6 Å². The predicted molar refractivity (Wildman–Crippen MR) is 250 cm³/mol. The lowest BCUT2D eigenvalue weighted by Gasteiger charge is -2.33. The van der Waals surface area contributed by atoms with Gasteiger partial charge in [0.15, 0.2) is 19.7 Å². The first-order valence-electron chi connectivity index (χ1n) is 21.8. The van der Waals surface area contributed by atoms with Crippen LogP contribution in [0.4, 0.5) is 0 Å². The van der Waals surface area contributed by atoms with Crippen LogP contribution in [0.2, 0.25) is 0 Å². The first-order chi connectivity index (χ1) is 28.1. The predicted octanol–water partition coefficient (Wildman–Crippen LogP) is 12.1. The molecule has 2 aliphatic carbocycles. The summed E-state index contributed by atoms with van der Waals surface area (Å²) >= 11 is 0. The monoisotopic (exact) mass is 856 g/mol. The van der Waals surface area contributed by atoms with E-state index in [0.717, 1.165) is 49.7 Å². The Hall–Kier alpha value is -3.56. The Bertz CT molecular complexity index is 2040. The average Bonchev–Trinajstić information content (AvgIpc) is 3.19. The summed E-state index contributed by atoms with van der Waals surface area (Å²) in [6, 6.07) is 16.6. The molecule has 0 aromatic heterocycles. The van der Waals surface area contributed by atoms with E-state index in [1.165, 1.54) is 22.3 Å². The fourth-order valence-electron chi connectivity index (χ4n) is 8.91. The molecular weight excluding hydrogens is 785 g/mol. The number of rotatable bonds is 18. The van der Waals surface area contributed by atoms with Crippen LogP contribution in [-0.2, 0) is 19.7 Å². The average molecular weight is 857 g/mol. The molecule has 0 heterocycles. The molecule has 6 unspecified atom stereocenters.